The molecular formula is C20H23F3N4O2S. The molecule has 1 saturated heterocycles. The number of carbonyl (C=O) groups is 2. The van der Waals surface area contributed by atoms with Gasteiger partial charge in [0.15, 0.2) is 5.17 Å². The van der Waals surface area contributed by atoms with Gasteiger partial charge in [-0.1, -0.05) is 43.2 Å². The topological polar surface area (TPSA) is 82.9 Å². The number of rotatable bonds is 5. The monoisotopic (exact) mass is 440 g/mol. The predicted molar refractivity (Wildman–Crippen MR) is 111 cm³/mol. The number of hydrogen-bond donors (Lipinski definition) is 2. The van der Waals surface area contributed by atoms with Gasteiger partial charge < -0.3 is 10.6 Å². The lowest BCUT2D eigenvalue weighted by molar-refractivity contribution is -0.137. The van der Waals surface area contributed by atoms with E-state index < -0.39 is 28.8 Å². The van der Waals surface area contributed by atoms with Gasteiger partial charge >= 0.3 is 6.18 Å². The molecule has 1 saturated carbocycles. The highest BCUT2D eigenvalue weighted by molar-refractivity contribution is 8.15. The van der Waals surface area contributed by atoms with Crippen LogP contribution in [0.1, 0.15) is 51.0 Å². The first-order valence-electron chi connectivity index (χ1n) is 9.80. The Labute approximate surface area is 176 Å². The molecule has 1 unspecified atom stereocenters. The molecule has 1 heterocycles. The quantitative estimate of drug-likeness (QED) is 0.519. The minimum atomic E-state index is -4.59. The smallest absolute Gasteiger partial charge is 0.325 e. The lowest BCUT2D eigenvalue weighted by Crippen LogP contribution is -2.28. The van der Waals surface area contributed by atoms with E-state index in [1.807, 2.05) is 6.92 Å². The van der Waals surface area contributed by atoms with Crippen molar-refractivity contribution in [2.24, 2.45) is 16.1 Å². The average Bonchev–Trinajstić information content (AvgIpc) is 3.05. The molecule has 0 spiro atoms. The number of alkyl halides is 3. The van der Waals surface area contributed by atoms with Crippen LogP contribution in [0.15, 0.2) is 34.5 Å². The Morgan fingerprint density at radius 2 is 1.93 bits per heavy atom. The van der Waals surface area contributed by atoms with E-state index >= 15 is 0 Å². The third-order valence-electron chi connectivity index (χ3n) is 5.15. The summed E-state index contributed by atoms with van der Waals surface area (Å²) in [5.41, 5.74) is -0.348. The Morgan fingerprint density at radius 1 is 1.23 bits per heavy atom. The van der Waals surface area contributed by atoms with Crippen LogP contribution in [0.4, 0.5) is 18.9 Å². The number of para-hydroxylation sites is 1. The van der Waals surface area contributed by atoms with Crippen molar-refractivity contribution < 1.29 is 22.8 Å². The van der Waals surface area contributed by atoms with Crippen LogP contribution in [0.5, 0.6) is 0 Å². The third kappa shape index (κ3) is 5.84. The Hall–Kier alpha value is -2.36. The average molecular weight is 440 g/mol. The Morgan fingerprint density at radius 3 is 2.63 bits per heavy atom. The number of anilines is 1. The van der Waals surface area contributed by atoms with E-state index in [1.54, 1.807) is 0 Å². The molecule has 162 valence electrons. The molecule has 1 aliphatic carbocycles. The Bertz CT molecular complexity index is 864. The van der Waals surface area contributed by atoms with Gasteiger partial charge in [0, 0.05) is 12.1 Å². The van der Waals surface area contributed by atoms with E-state index in [9.17, 15) is 22.8 Å². The Kier molecular flexibility index (Phi) is 7.17. The lowest BCUT2D eigenvalue weighted by Gasteiger charge is -2.20. The van der Waals surface area contributed by atoms with Crippen molar-refractivity contribution in [1.82, 2.24) is 5.32 Å². The van der Waals surface area contributed by atoms with Gasteiger partial charge in [-0.15, -0.1) is 5.10 Å². The van der Waals surface area contributed by atoms with Crippen LogP contribution in [0.3, 0.4) is 0 Å². The zero-order valence-corrected chi connectivity index (χ0v) is 17.3. The number of benzene rings is 1. The summed E-state index contributed by atoms with van der Waals surface area (Å²) in [4.78, 5) is 24.4. The van der Waals surface area contributed by atoms with Gasteiger partial charge in [0.05, 0.1) is 11.3 Å². The fraction of sp³-hybridized carbons (Fsp3) is 0.500. The maximum Gasteiger partial charge on any atom is 0.418 e. The fourth-order valence-corrected chi connectivity index (χ4v) is 4.44. The predicted octanol–water partition coefficient (Wildman–Crippen LogP) is 4.58. The van der Waals surface area contributed by atoms with Crippen molar-refractivity contribution in [2.45, 2.75) is 56.9 Å². The van der Waals surface area contributed by atoms with Crippen LogP contribution in [-0.2, 0) is 15.8 Å². The van der Waals surface area contributed by atoms with Crippen LogP contribution in [0, 0.1) is 5.92 Å². The largest absolute Gasteiger partial charge is 0.418 e. The maximum absolute atomic E-state index is 13.1. The minimum Gasteiger partial charge on any atom is -0.325 e. The first kappa shape index (κ1) is 22.3. The second-order valence-electron chi connectivity index (χ2n) is 7.37. The molecule has 0 bridgehead atoms. The van der Waals surface area contributed by atoms with Crippen LogP contribution < -0.4 is 10.6 Å². The standard InChI is InChI=1S/C20H23F3N4O2S/c1-12(13-7-3-2-4-8-13)26-27-19-25-18(29)16(30-19)11-17(28)24-15-10-6-5-9-14(15)20(21,22)23/h5-6,9-10,13,16H,2-4,7-8,11H2,1H3,(H,24,28)(H,25,27,29)/b26-12+. The van der Waals surface area contributed by atoms with E-state index in [0.29, 0.717) is 11.1 Å². The van der Waals surface area contributed by atoms with E-state index in [0.717, 1.165) is 36.4 Å². The van der Waals surface area contributed by atoms with Crippen molar-refractivity contribution in [3.05, 3.63) is 29.8 Å². The van der Waals surface area contributed by atoms with E-state index in [-0.39, 0.29) is 12.1 Å². The zero-order valence-electron chi connectivity index (χ0n) is 16.5. The molecule has 0 radical (unpaired) electrons. The maximum atomic E-state index is 13.1. The molecule has 1 aliphatic heterocycles. The summed E-state index contributed by atoms with van der Waals surface area (Å²) < 4.78 is 39.2. The van der Waals surface area contributed by atoms with Gasteiger partial charge in [0.2, 0.25) is 11.8 Å². The normalized spacial score (nSPS) is 22.3. The van der Waals surface area contributed by atoms with Crippen LogP contribution in [0.25, 0.3) is 0 Å². The Balaban J connectivity index is 1.59. The first-order chi connectivity index (χ1) is 14.2. The summed E-state index contributed by atoms with van der Waals surface area (Å²) in [6.45, 7) is 1.92. The molecule has 10 heteroatoms. The van der Waals surface area contributed by atoms with Crippen molar-refractivity contribution >= 4 is 40.1 Å². The second-order valence-corrected chi connectivity index (χ2v) is 8.56. The molecule has 2 N–H and O–H groups in total. The number of carbonyl (C=O) groups excluding carboxylic acids is 2. The molecule has 1 aromatic carbocycles. The number of thioether (sulfide) groups is 1. The van der Waals surface area contributed by atoms with Crippen LogP contribution >= 0.6 is 11.8 Å². The van der Waals surface area contributed by atoms with Gasteiger partial charge in [0.25, 0.3) is 0 Å². The van der Waals surface area contributed by atoms with Crippen molar-refractivity contribution in [2.75, 3.05) is 5.32 Å². The zero-order chi connectivity index (χ0) is 21.7. The van der Waals surface area contributed by atoms with Gasteiger partial charge in [0.1, 0.15) is 5.25 Å². The number of amidine groups is 1. The SMILES string of the molecule is C/C(=N\N=C1\NC(=O)C(CC(=O)Nc2ccccc2C(F)(F)F)S1)C1CCCCC1. The molecule has 0 aromatic heterocycles. The summed E-state index contributed by atoms with van der Waals surface area (Å²) in [6.07, 6.45) is 0.901. The number of amides is 2. The van der Waals surface area contributed by atoms with E-state index in [2.05, 4.69) is 20.8 Å². The number of halogens is 3. The summed E-state index contributed by atoms with van der Waals surface area (Å²) >= 11 is 1.06. The van der Waals surface area contributed by atoms with E-state index in [4.69, 9.17) is 0 Å². The van der Waals surface area contributed by atoms with Gasteiger partial charge in [-0.25, -0.2) is 0 Å². The molecule has 2 amide bonds. The third-order valence-corrected chi connectivity index (χ3v) is 6.22. The lowest BCUT2D eigenvalue weighted by atomic mass is 9.86. The molecule has 3 rings (SSSR count). The van der Waals surface area contributed by atoms with E-state index in [1.165, 1.54) is 37.5 Å². The summed E-state index contributed by atoms with van der Waals surface area (Å²) in [5, 5.41) is 12.7. The van der Waals surface area contributed by atoms with Gasteiger partial charge in [-0.05, 0) is 37.8 Å². The molecule has 6 nitrogen and oxygen atoms in total. The van der Waals surface area contributed by atoms with Gasteiger partial charge in [-0.3, -0.25) is 9.59 Å². The minimum absolute atomic E-state index is 0.271. The number of nitrogens with one attached hydrogen (secondary N) is 2. The van der Waals surface area contributed by atoms with Crippen molar-refractivity contribution in [3.63, 3.8) is 0 Å². The van der Waals surface area contributed by atoms with Gasteiger partial charge in [-0.2, -0.15) is 18.3 Å². The number of hydrogen-bond acceptors (Lipinski definition) is 5. The van der Waals surface area contributed by atoms with Crippen molar-refractivity contribution in [1.29, 1.82) is 0 Å². The highest BCUT2D eigenvalue weighted by Crippen LogP contribution is 2.35. The summed E-state index contributed by atoms with van der Waals surface area (Å²) in [5.74, 6) is -0.688. The summed E-state index contributed by atoms with van der Waals surface area (Å²) in [6, 6.07) is 4.72. The summed E-state index contributed by atoms with van der Waals surface area (Å²) in [7, 11) is 0. The van der Waals surface area contributed by atoms with Crippen LogP contribution in [-0.4, -0.2) is 27.9 Å². The van der Waals surface area contributed by atoms with Crippen LogP contribution in [0.2, 0.25) is 0 Å². The molecule has 2 aliphatic rings. The molecular weight excluding hydrogens is 417 g/mol. The second kappa shape index (κ2) is 9.63. The molecule has 30 heavy (non-hydrogen) atoms. The molecule has 1 atom stereocenters. The fourth-order valence-electron chi connectivity index (χ4n) is 3.52. The highest BCUT2D eigenvalue weighted by Gasteiger charge is 2.35. The first-order valence-corrected chi connectivity index (χ1v) is 10.7. The highest BCUT2D eigenvalue weighted by atomic mass is 32.2. The molecule has 2 fully saturated rings. The molecule has 1 aromatic rings. The van der Waals surface area contributed by atoms with Crippen molar-refractivity contribution in [3.8, 4) is 0 Å². The number of nitrogens with zero attached hydrogens (tertiary/aromatic N) is 2.